The average molecular weight is 467 g/mol. The zero-order chi connectivity index (χ0) is 22.2. The Labute approximate surface area is 176 Å². The molecule has 0 unspecified atom stereocenters. The van der Waals surface area contributed by atoms with Crippen LogP contribution in [0.25, 0.3) is 0 Å². The van der Waals surface area contributed by atoms with Gasteiger partial charge in [-0.05, 0) is 78.7 Å². The molecule has 0 aliphatic heterocycles. The quantitative estimate of drug-likeness (QED) is 0.212. The zero-order valence-electron chi connectivity index (χ0n) is 19.6. The molecule has 0 rings (SSSR count). The molecule has 0 spiro atoms. The number of carbonyl (C=O) groups is 1. The highest BCUT2D eigenvalue weighted by Gasteiger charge is 2.49. The predicted octanol–water partition coefficient (Wildman–Crippen LogP) is 5.31. The Bertz CT molecular complexity index is 477. The van der Waals surface area contributed by atoms with Gasteiger partial charge in [-0.25, -0.2) is 4.79 Å². The van der Waals surface area contributed by atoms with E-state index in [-0.39, 0.29) is 0 Å². The standard InChI is InChI=1S/C18H42O6Si4/c1-17(18(19)20)13-11-14-21-15-12-16-28(22-25(2,3)4,23-26(5,6)7)24-27(8,9)10/h13H,11-12,14-16H2,1-10H3,(H,19,20). The molecule has 0 saturated carbocycles. The molecule has 0 radical (unpaired) electrons. The van der Waals surface area contributed by atoms with E-state index in [0.29, 0.717) is 25.2 Å². The van der Waals surface area contributed by atoms with Crippen LogP contribution >= 0.6 is 0 Å². The molecule has 0 saturated heterocycles. The Kier molecular flexibility index (Phi) is 11.3. The van der Waals surface area contributed by atoms with E-state index >= 15 is 0 Å². The van der Waals surface area contributed by atoms with E-state index in [1.54, 1.807) is 13.0 Å². The Balaban J connectivity index is 4.96. The number of carboxylic acids is 1. The van der Waals surface area contributed by atoms with E-state index in [2.05, 4.69) is 58.9 Å². The summed E-state index contributed by atoms with van der Waals surface area (Å²) in [5, 5.41) is 8.85. The Morgan fingerprint density at radius 3 is 1.61 bits per heavy atom. The summed E-state index contributed by atoms with van der Waals surface area (Å²) in [4.78, 5) is 10.8. The van der Waals surface area contributed by atoms with Crippen molar-refractivity contribution in [1.29, 1.82) is 0 Å². The third-order valence-electron chi connectivity index (χ3n) is 3.21. The van der Waals surface area contributed by atoms with Gasteiger partial charge in [-0.15, -0.1) is 0 Å². The minimum absolute atomic E-state index is 0.352. The summed E-state index contributed by atoms with van der Waals surface area (Å²) in [5.41, 5.74) is 0.352. The van der Waals surface area contributed by atoms with Crippen molar-refractivity contribution in [3.63, 3.8) is 0 Å². The van der Waals surface area contributed by atoms with Gasteiger partial charge in [-0.2, -0.15) is 0 Å². The van der Waals surface area contributed by atoms with E-state index in [4.69, 9.17) is 22.2 Å². The Morgan fingerprint density at radius 2 is 1.25 bits per heavy atom. The molecule has 0 aliphatic carbocycles. The van der Waals surface area contributed by atoms with E-state index in [0.717, 1.165) is 12.5 Å². The monoisotopic (exact) mass is 466 g/mol. The summed E-state index contributed by atoms with van der Waals surface area (Å²) in [6.07, 6.45) is 3.11. The van der Waals surface area contributed by atoms with Crippen molar-refractivity contribution in [2.45, 2.75) is 84.7 Å². The van der Waals surface area contributed by atoms with Crippen LogP contribution in [0.15, 0.2) is 11.6 Å². The number of aliphatic carboxylic acids is 1. The van der Waals surface area contributed by atoms with Gasteiger partial charge in [0.25, 0.3) is 0 Å². The molecule has 0 atom stereocenters. The minimum atomic E-state index is -2.79. The van der Waals surface area contributed by atoms with Crippen LogP contribution in [0.5, 0.6) is 0 Å². The summed E-state index contributed by atoms with van der Waals surface area (Å²) in [6.45, 7) is 22.4. The van der Waals surface area contributed by atoms with Gasteiger partial charge in [0.05, 0.1) is 6.61 Å². The van der Waals surface area contributed by atoms with Gasteiger partial charge in [0.2, 0.25) is 0 Å². The molecule has 6 nitrogen and oxygen atoms in total. The first kappa shape index (κ1) is 27.9. The zero-order valence-corrected chi connectivity index (χ0v) is 23.6. The SMILES string of the molecule is CC(=CCCOCCC[Si](O[Si](C)(C)C)(O[Si](C)(C)C)O[Si](C)(C)C)C(=O)O. The molecule has 0 heterocycles. The summed E-state index contributed by atoms with van der Waals surface area (Å²) in [6, 6.07) is 0.760. The predicted molar refractivity (Wildman–Crippen MR) is 125 cm³/mol. The largest absolute Gasteiger partial charge is 0.478 e. The topological polar surface area (TPSA) is 74.2 Å². The molecule has 166 valence electrons. The average Bonchev–Trinajstić information content (AvgIpc) is 2.39. The van der Waals surface area contributed by atoms with Crippen LogP contribution in [-0.4, -0.2) is 58.0 Å². The van der Waals surface area contributed by atoms with Crippen molar-refractivity contribution in [2.75, 3.05) is 13.2 Å². The van der Waals surface area contributed by atoms with Crippen molar-refractivity contribution in [3.05, 3.63) is 11.6 Å². The molecular weight excluding hydrogens is 425 g/mol. The van der Waals surface area contributed by atoms with Crippen LogP contribution in [0.3, 0.4) is 0 Å². The summed E-state index contributed by atoms with van der Waals surface area (Å²) >= 11 is 0. The minimum Gasteiger partial charge on any atom is -0.478 e. The maximum atomic E-state index is 10.8. The molecule has 1 N–H and O–H groups in total. The summed E-state index contributed by atoms with van der Waals surface area (Å²) in [7, 11) is -8.32. The van der Waals surface area contributed by atoms with Crippen molar-refractivity contribution >= 4 is 39.7 Å². The normalized spacial score (nSPS) is 14.4. The van der Waals surface area contributed by atoms with Crippen molar-refractivity contribution in [1.82, 2.24) is 0 Å². The lowest BCUT2D eigenvalue weighted by Crippen LogP contribution is -2.60. The smallest absolute Gasteiger partial charge is 0.469 e. The molecule has 28 heavy (non-hydrogen) atoms. The fourth-order valence-electron chi connectivity index (χ4n) is 2.55. The highest BCUT2D eigenvalue weighted by atomic mass is 28.5. The summed E-state index contributed by atoms with van der Waals surface area (Å²) < 4.78 is 25.6. The first-order valence-electron chi connectivity index (χ1n) is 10.0. The molecule has 0 aromatic rings. The van der Waals surface area contributed by atoms with Crippen LogP contribution in [0.1, 0.15) is 19.8 Å². The fraction of sp³-hybridized carbons (Fsp3) is 0.833. The lowest BCUT2D eigenvalue weighted by Gasteiger charge is -2.42. The van der Waals surface area contributed by atoms with Gasteiger partial charge in [0.15, 0.2) is 25.0 Å². The van der Waals surface area contributed by atoms with Gasteiger partial charge in [-0.1, -0.05) is 6.08 Å². The second kappa shape index (κ2) is 11.3. The number of hydrogen-bond donors (Lipinski definition) is 1. The maximum Gasteiger partial charge on any atom is 0.469 e. The number of carboxylic acid groups (broad SMARTS) is 1. The first-order chi connectivity index (χ1) is 12.4. The second-order valence-corrected chi connectivity index (χ2v) is 27.0. The molecule has 0 aliphatic rings. The van der Waals surface area contributed by atoms with Crippen LogP contribution in [0.4, 0.5) is 0 Å². The van der Waals surface area contributed by atoms with Crippen molar-refractivity contribution < 1.29 is 27.0 Å². The molecule has 0 bridgehead atoms. The molecule has 0 fully saturated rings. The molecule has 0 amide bonds. The lowest BCUT2D eigenvalue weighted by molar-refractivity contribution is -0.132. The summed E-state index contributed by atoms with van der Waals surface area (Å²) in [5.74, 6) is -0.883. The van der Waals surface area contributed by atoms with Gasteiger partial charge in [0.1, 0.15) is 0 Å². The van der Waals surface area contributed by atoms with E-state index < -0.39 is 39.7 Å². The number of ether oxygens (including phenoxy) is 1. The maximum absolute atomic E-state index is 10.8. The van der Waals surface area contributed by atoms with Crippen molar-refractivity contribution in [2.24, 2.45) is 0 Å². The molecular formula is C18H42O6Si4. The molecule has 0 aromatic carbocycles. The molecule has 10 heteroatoms. The van der Waals surface area contributed by atoms with E-state index in [9.17, 15) is 4.79 Å². The highest BCUT2D eigenvalue weighted by molar-refractivity contribution is 6.90. The van der Waals surface area contributed by atoms with Crippen LogP contribution in [-0.2, 0) is 21.9 Å². The van der Waals surface area contributed by atoms with Crippen LogP contribution in [0, 0.1) is 0 Å². The third kappa shape index (κ3) is 14.9. The van der Waals surface area contributed by atoms with Gasteiger partial charge >= 0.3 is 14.8 Å². The van der Waals surface area contributed by atoms with Gasteiger partial charge in [-0.3, -0.25) is 0 Å². The van der Waals surface area contributed by atoms with E-state index in [1.807, 2.05) is 0 Å². The van der Waals surface area contributed by atoms with E-state index in [1.165, 1.54) is 0 Å². The number of hydrogen-bond acceptors (Lipinski definition) is 5. The first-order valence-corrected chi connectivity index (χ1v) is 22.2. The Morgan fingerprint density at radius 1 is 0.821 bits per heavy atom. The highest BCUT2D eigenvalue weighted by Crippen LogP contribution is 2.29. The van der Waals surface area contributed by atoms with Gasteiger partial charge < -0.3 is 22.2 Å². The second-order valence-electron chi connectivity index (χ2n) is 10.0. The van der Waals surface area contributed by atoms with Crippen LogP contribution in [0.2, 0.25) is 65.0 Å². The molecule has 0 aromatic heterocycles. The number of rotatable bonds is 14. The lowest BCUT2D eigenvalue weighted by atomic mass is 10.2. The van der Waals surface area contributed by atoms with Gasteiger partial charge in [0, 0.05) is 18.2 Å². The fourth-order valence-corrected chi connectivity index (χ4v) is 17.2. The third-order valence-corrected chi connectivity index (χ3v) is 15.3. The Hall–Kier alpha value is -0.0825. The van der Waals surface area contributed by atoms with Crippen LogP contribution < -0.4 is 0 Å². The van der Waals surface area contributed by atoms with Crippen molar-refractivity contribution in [3.8, 4) is 0 Å².